The second kappa shape index (κ2) is 9.42. The average Bonchev–Trinajstić information content (AvgIpc) is 3.54. The molecule has 0 saturated heterocycles. The van der Waals surface area contributed by atoms with Crippen LogP contribution in [0.15, 0.2) is 48.5 Å². The first kappa shape index (κ1) is 21.9. The van der Waals surface area contributed by atoms with Gasteiger partial charge in [0.2, 0.25) is 5.91 Å². The first-order chi connectivity index (χ1) is 15.4. The van der Waals surface area contributed by atoms with Crippen molar-refractivity contribution < 1.29 is 24.2 Å². The Kier molecular flexibility index (Phi) is 6.44. The van der Waals surface area contributed by atoms with E-state index in [1.165, 1.54) is 0 Å². The van der Waals surface area contributed by atoms with Gasteiger partial charge < -0.3 is 20.1 Å². The van der Waals surface area contributed by atoms with Crippen LogP contribution >= 0.6 is 0 Å². The molecule has 2 aliphatic rings. The topological polar surface area (TPSA) is 95.9 Å². The van der Waals surface area contributed by atoms with Gasteiger partial charge in [-0.15, -0.1) is 0 Å². The number of fused-ring (bicyclic) bond motifs is 3. The number of hydrogen-bond donors (Lipinski definition) is 2. The normalized spacial score (nSPS) is 15.4. The highest BCUT2D eigenvalue weighted by molar-refractivity contribution is 5.80. The van der Waals surface area contributed by atoms with Crippen LogP contribution in [0.25, 0.3) is 11.1 Å². The SMILES string of the molecule is CC(CC(=O)N(CCC(=O)O)C1CC1)NC(=O)OCC1c2ccccc2-c2ccccc21. The molecule has 1 atom stereocenters. The third kappa shape index (κ3) is 4.93. The third-order valence-corrected chi connectivity index (χ3v) is 6.06. The van der Waals surface area contributed by atoms with E-state index in [4.69, 9.17) is 9.84 Å². The van der Waals surface area contributed by atoms with Gasteiger partial charge in [0.1, 0.15) is 6.61 Å². The lowest BCUT2D eigenvalue weighted by Gasteiger charge is -2.24. The van der Waals surface area contributed by atoms with Crippen LogP contribution in [0, 0.1) is 0 Å². The predicted octanol–water partition coefficient (Wildman–Crippen LogP) is 3.77. The molecule has 2 amide bonds. The number of alkyl carbamates (subject to hydrolysis) is 1. The number of nitrogens with zero attached hydrogens (tertiary/aromatic N) is 1. The first-order valence-electron chi connectivity index (χ1n) is 11.1. The highest BCUT2D eigenvalue weighted by Crippen LogP contribution is 2.44. The van der Waals surface area contributed by atoms with E-state index in [2.05, 4.69) is 29.6 Å². The number of ether oxygens (including phenoxy) is 1. The molecule has 7 heteroatoms. The van der Waals surface area contributed by atoms with Gasteiger partial charge >= 0.3 is 12.1 Å². The Morgan fingerprint density at radius 1 is 1.06 bits per heavy atom. The zero-order valence-corrected chi connectivity index (χ0v) is 18.1. The molecule has 0 spiro atoms. The number of amides is 2. The van der Waals surface area contributed by atoms with Gasteiger partial charge in [-0.3, -0.25) is 9.59 Å². The lowest BCUT2D eigenvalue weighted by molar-refractivity contribution is -0.138. The van der Waals surface area contributed by atoms with Crippen molar-refractivity contribution in [3.05, 3.63) is 59.7 Å². The number of benzene rings is 2. The van der Waals surface area contributed by atoms with Crippen molar-refractivity contribution >= 4 is 18.0 Å². The van der Waals surface area contributed by atoms with Gasteiger partial charge in [0.05, 0.1) is 6.42 Å². The smallest absolute Gasteiger partial charge is 0.407 e. The maximum atomic E-state index is 12.6. The summed E-state index contributed by atoms with van der Waals surface area (Å²) in [5, 5.41) is 11.6. The Morgan fingerprint density at radius 3 is 2.22 bits per heavy atom. The van der Waals surface area contributed by atoms with Gasteiger partial charge in [0.15, 0.2) is 0 Å². The fourth-order valence-corrected chi connectivity index (χ4v) is 4.38. The maximum absolute atomic E-state index is 12.6. The number of carbonyl (C=O) groups is 3. The molecule has 0 bridgehead atoms. The predicted molar refractivity (Wildman–Crippen MR) is 119 cm³/mol. The van der Waals surface area contributed by atoms with Crippen LogP contribution in [0.3, 0.4) is 0 Å². The molecule has 7 nitrogen and oxygen atoms in total. The maximum Gasteiger partial charge on any atom is 0.407 e. The lowest BCUT2D eigenvalue weighted by Crippen LogP contribution is -2.41. The van der Waals surface area contributed by atoms with E-state index in [1.807, 2.05) is 24.3 Å². The fraction of sp³-hybridized carbons (Fsp3) is 0.400. The minimum Gasteiger partial charge on any atom is -0.481 e. The van der Waals surface area contributed by atoms with Crippen molar-refractivity contribution in [3.63, 3.8) is 0 Å². The molecular formula is C25H28N2O5. The van der Waals surface area contributed by atoms with Gasteiger partial charge in [-0.1, -0.05) is 48.5 Å². The molecule has 2 N–H and O–H groups in total. The Bertz CT molecular complexity index is 971. The van der Waals surface area contributed by atoms with Crippen LogP contribution in [0.2, 0.25) is 0 Å². The van der Waals surface area contributed by atoms with Crippen LogP contribution in [-0.4, -0.2) is 53.2 Å². The van der Waals surface area contributed by atoms with Crippen LogP contribution < -0.4 is 5.32 Å². The molecule has 4 rings (SSSR count). The summed E-state index contributed by atoms with van der Waals surface area (Å²) < 4.78 is 5.54. The van der Waals surface area contributed by atoms with Crippen molar-refractivity contribution in [3.8, 4) is 11.1 Å². The van der Waals surface area contributed by atoms with Gasteiger partial charge in [-0.05, 0) is 42.0 Å². The second-order valence-corrected chi connectivity index (χ2v) is 8.54. The van der Waals surface area contributed by atoms with Gasteiger partial charge in [-0.25, -0.2) is 4.79 Å². The summed E-state index contributed by atoms with van der Waals surface area (Å²) in [6.07, 6.45) is 1.28. The molecule has 0 aromatic heterocycles. The van der Waals surface area contributed by atoms with Gasteiger partial charge in [0.25, 0.3) is 0 Å². The van der Waals surface area contributed by atoms with Crippen LogP contribution in [0.5, 0.6) is 0 Å². The van der Waals surface area contributed by atoms with Crippen molar-refractivity contribution in [1.82, 2.24) is 10.2 Å². The number of carboxylic acid groups (broad SMARTS) is 1. The lowest BCUT2D eigenvalue weighted by atomic mass is 9.98. The van der Waals surface area contributed by atoms with E-state index in [-0.39, 0.29) is 43.9 Å². The van der Waals surface area contributed by atoms with Crippen molar-refractivity contribution in [1.29, 1.82) is 0 Å². The molecule has 2 aromatic carbocycles. The third-order valence-electron chi connectivity index (χ3n) is 6.06. The number of nitrogens with one attached hydrogen (secondary N) is 1. The largest absolute Gasteiger partial charge is 0.481 e. The van der Waals surface area contributed by atoms with E-state index in [0.717, 1.165) is 35.1 Å². The Morgan fingerprint density at radius 2 is 1.66 bits per heavy atom. The van der Waals surface area contributed by atoms with Crippen molar-refractivity contribution in [2.75, 3.05) is 13.2 Å². The van der Waals surface area contributed by atoms with E-state index >= 15 is 0 Å². The Labute approximate surface area is 187 Å². The number of hydrogen-bond acceptors (Lipinski definition) is 4. The van der Waals surface area contributed by atoms with E-state index in [1.54, 1.807) is 11.8 Å². The monoisotopic (exact) mass is 436 g/mol. The molecule has 0 aliphatic heterocycles. The van der Waals surface area contributed by atoms with Crippen molar-refractivity contribution in [2.24, 2.45) is 0 Å². The molecule has 2 aliphatic carbocycles. The minimum absolute atomic E-state index is 0.0218. The number of carboxylic acids is 1. The second-order valence-electron chi connectivity index (χ2n) is 8.54. The van der Waals surface area contributed by atoms with E-state index in [0.29, 0.717) is 0 Å². The van der Waals surface area contributed by atoms with Crippen LogP contribution in [-0.2, 0) is 14.3 Å². The molecule has 1 fully saturated rings. The number of aliphatic carboxylic acids is 1. The van der Waals surface area contributed by atoms with E-state index < -0.39 is 18.1 Å². The zero-order valence-electron chi connectivity index (χ0n) is 18.1. The standard InChI is InChI=1S/C25H28N2O5/c1-16(14-23(28)27(17-10-11-17)13-12-24(29)30)26-25(31)32-15-22-20-8-4-2-6-18(20)19-7-3-5-9-21(19)22/h2-9,16-17,22H,10-15H2,1H3,(H,26,31)(H,29,30). The van der Waals surface area contributed by atoms with Crippen molar-refractivity contribution in [2.45, 2.75) is 50.6 Å². The molecule has 168 valence electrons. The van der Waals surface area contributed by atoms with Gasteiger partial charge in [-0.2, -0.15) is 0 Å². The summed E-state index contributed by atoms with van der Waals surface area (Å²) in [5.41, 5.74) is 4.61. The average molecular weight is 437 g/mol. The minimum atomic E-state index is -0.923. The first-order valence-corrected chi connectivity index (χ1v) is 11.1. The quantitative estimate of drug-likeness (QED) is 0.624. The van der Waals surface area contributed by atoms with Gasteiger partial charge in [0, 0.05) is 31.0 Å². The Balaban J connectivity index is 1.30. The van der Waals surface area contributed by atoms with E-state index in [9.17, 15) is 14.4 Å². The molecular weight excluding hydrogens is 408 g/mol. The molecule has 32 heavy (non-hydrogen) atoms. The summed E-state index contributed by atoms with van der Waals surface area (Å²) in [6.45, 7) is 2.17. The highest BCUT2D eigenvalue weighted by Gasteiger charge is 2.33. The Hall–Kier alpha value is -3.35. The molecule has 0 radical (unpaired) electrons. The highest BCUT2D eigenvalue weighted by atomic mass is 16.5. The van der Waals surface area contributed by atoms with Crippen LogP contribution in [0.4, 0.5) is 4.79 Å². The molecule has 1 unspecified atom stereocenters. The molecule has 0 heterocycles. The zero-order chi connectivity index (χ0) is 22.7. The summed E-state index contributed by atoms with van der Waals surface area (Å²) in [5.74, 6) is -1.08. The summed E-state index contributed by atoms with van der Waals surface area (Å²) in [6, 6.07) is 16.0. The summed E-state index contributed by atoms with van der Waals surface area (Å²) >= 11 is 0. The number of carbonyl (C=O) groups excluding carboxylic acids is 2. The fourth-order valence-electron chi connectivity index (χ4n) is 4.38. The summed E-state index contributed by atoms with van der Waals surface area (Å²) in [4.78, 5) is 37.5. The molecule has 2 aromatic rings. The number of rotatable bonds is 9. The molecule has 1 saturated carbocycles. The van der Waals surface area contributed by atoms with Crippen LogP contribution in [0.1, 0.15) is 49.7 Å². The summed E-state index contributed by atoms with van der Waals surface area (Å²) in [7, 11) is 0.